The SMILES string of the molecule is O=C1C=C2CO[C@H](c3ccccn3)[C@H]2C1. The largest absolute Gasteiger partial charge is 0.367 e. The van der Waals surface area contributed by atoms with Crippen LogP contribution in [0.5, 0.6) is 0 Å². The Labute approximate surface area is 87.8 Å². The molecule has 1 saturated heterocycles. The van der Waals surface area contributed by atoms with Gasteiger partial charge in [-0.15, -0.1) is 0 Å². The van der Waals surface area contributed by atoms with Crippen LogP contribution in [-0.2, 0) is 9.53 Å². The molecule has 3 rings (SSSR count). The highest BCUT2D eigenvalue weighted by Gasteiger charge is 2.39. The van der Waals surface area contributed by atoms with E-state index in [0.29, 0.717) is 13.0 Å². The van der Waals surface area contributed by atoms with Crippen molar-refractivity contribution in [1.29, 1.82) is 0 Å². The van der Waals surface area contributed by atoms with Gasteiger partial charge in [0.05, 0.1) is 12.3 Å². The molecule has 0 unspecified atom stereocenters. The van der Waals surface area contributed by atoms with Crippen molar-refractivity contribution in [3.8, 4) is 0 Å². The van der Waals surface area contributed by atoms with Crippen molar-refractivity contribution in [2.45, 2.75) is 12.5 Å². The zero-order valence-corrected chi connectivity index (χ0v) is 8.22. The van der Waals surface area contributed by atoms with E-state index in [1.54, 1.807) is 12.3 Å². The van der Waals surface area contributed by atoms with Crippen LogP contribution in [0.3, 0.4) is 0 Å². The Hall–Kier alpha value is -1.48. The van der Waals surface area contributed by atoms with E-state index in [9.17, 15) is 4.79 Å². The molecular weight excluding hydrogens is 190 g/mol. The van der Waals surface area contributed by atoms with Gasteiger partial charge >= 0.3 is 0 Å². The maximum absolute atomic E-state index is 11.3. The number of ether oxygens (including phenoxy) is 1. The number of allylic oxidation sites excluding steroid dienone is 1. The van der Waals surface area contributed by atoms with Gasteiger partial charge in [0, 0.05) is 18.5 Å². The first-order valence-electron chi connectivity index (χ1n) is 5.10. The van der Waals surface area contributed by atoms with Crippen molar-refractivity contribution >= 4 is 5.78 Å². The Bertz CT molecular complexity index is 425. The van der Waals surface area contributed by atoms with Crippen molar-refractivity contribution in [1.82, 2.24) is 4.98 Å². The normalized spacial score (nSPS) is 29.1. The van der Waals surface area contributed by atoms with E-state index in [2.05, 4.69) is 4.98 Å². The zero-order valence-electron chi connectivity index (χ0n) is 8.22. The standard InChI is InChI=1S/C12H11NO2/c14-9-5-8-7-15-12(10(8)6-9)11-3-1-2-4-13-11/h1-5,10,12H,6-7H2/t10-,12-/m0/s1. The Balaban J connectivity index is 1.92. The summed E-state index contributed by atoms with van der Waals surface area (Å²) in [5.74, 6) is 0.451. The average Bonchev–Trinajstić information content (AvgIpc) is 2.77. The molecule has 0 saturated carbocycles. The van der Waals surface area contributed by atoms with E-state index in [0.717, 1.165) is 11.3 Å². The van der Waals surface area contributed by atoms with Crippen LogP contribution in [0.15, 0.2) is 36.0 Å². The highest BCUT2D eigenvalue weighted by Crippen LogP contribution is 2.42. The fraction of sp³-hybridized carbons (Fsp3) is 0.333. The molecule has 1 aliphatic carbocycles. The fourth-order valence-electron chi connectivity index (χ4n) is 2.31. The number of nitrogens with zero attached hydrogens (tertiary/aromatic N) is 1. The first-order chi connectivity index (χ1) is 7.34. The van der Waals surface area contributed by atoms with Gasteiger partial charge in [-0.3, -0.25) is 9.78 Å². The Morgan fingerprint density at radius 3 is 3.13 bits per heavy atom. The number of ketones is 1. The molecule has 0 aromatic carbocycles. The number of pyridine rings is 1. The summed E-state index contributed by atoms with van der Waals surface area (Å²) in [5, 5.41) is 0. The number of hydrogen-bond acceptors (Lipinski definition) is 3. The van der Waals surface area contributed by atoms with Crippen molar-refractivity contribution in [3.63, 3.8) is 0 Å². The first kappa shape index (κ1) is 8.80. The second-order valence-electron chi connectivity index (χ2n) is 3.98. The Morgan fingerprint density at radius 1 is 1.40 bits per heavy atom. The highest BCUT2D eigenvalue weighted by atomic mass is 16.5. The molecule has 1 aromatic heterocycles. The zero-order chi connectivity index (χ0) is 10.3. The van der Waals surface area contributed by atoms with Crippen molar-refractivity contribution < 1.29 is 9.53 Å². The van der Waals surface area contributed by atoms with E-state index in [1.165, 1.54) is 0 Å². The summed E-state index contributed by atoms with van der Waals surface area (Å²) in [6.45, 7) is 0.581. The van der Waals surface area contributed by atoms with Gasteiger partial charge in [-0.25, -0.2) is 0 Å². The maximum atomic E-state index is 11.3. The van der Waals surface area contributed by atoms with Crippen LogP contribution in [0, 0.1) is 5.92 Å². The molecule has 0 N–H and O–H groups in total. The molecule has 2 aliphatic rings. The summed E-state index contributed by atoms with van der Waals surface area (Å²) >= 11 is 0. The molecule has 0 bridgehead atoms. The van der Waals surface area contributed by atoms with Crippen LogP contribution in [0.4, 0.5) is 0 Å². The molecule has 0 radical (unpaired) electrons. The minimum atomic E-state index is -0.0242. The lowest BCUT2D eigenvalue weighted by Gasteiger charge is -2.14. The summed E-state index contributed by atoms with van der Waals surface area (Å²) < 4.78 is 5.67. The summed E-state index contributed by atoms with van der Waals surface area (Å²) in [6.07, 6.45) is 4.05. The lowest BCUT2D eigenvalue weighted by molar-refractivity contribution is -0.115. The third kappa shape index (κ3) is 1.39. The number of rotatable bonds is 1. The van der Waals surface area contributed by atoms with Gasteiger partial charge in [0.2, 0.25) is 0 Å². The molecule has 2 atom stereocenters. The van der Waals surface area contributed by atoms with Crippen LogP contribution in [-0.4, -0.2) is 17.4 Å². The molecule has 1 fully saturated rings. The Kier molecular flexibility index (Phi) is 1.92. The maximum Gasteiger partial charge on any atom is 0.156 e. The first-order valence-corrected chi connectivity index (χ1v) is 5.10. The smallest absolute Gasteiger partial charge is 0.156 e. The third-order valence-corrected chi connectivity index (χ3v) is 3.02. The van der Waals surface area contributed by atoms with Crippen LogP contribution in [0.2, 0.25) is 0 Å². The van der Waals surface area contributed by atoms with Gasteiger partial charge in [0.15, 0.2) is 5.78 Å². The Morgan fingerprint density at radius 2 is 2.33 bits per heavy atom. The summed E-state index contributed by atoms with van der Waals surface area (Å²) in [5.41, 5.74) is 2.07. The molecule has 3 heteroatoms. The second-order valence-corrected chi connectivity index (χ2v) is 3.98. The molecule has 3 nitrogen and oxygen atoms in total. The van der Waals surface area contributed by atoms with Crippen molar-refractivity contribution in [2.75, 3.05) is 6.61 Å². The van der Waals surface area contributed by atoms with Crippen molar-refractivity contribution in [3.05, 3.63) is 41.7 Å². The molecule has 0 spiro atoms. The van der Waals surface area contributed by atoms with Crippen LogP contribution in [0.25, 0.3) is 0 Å². The fourth-order valence-corrected chi connectivity index (χ4v) is 2.31. The van der Waals surface area contributed by atoms with Gasteiger partial charge < -0.3 is 4.74 Å². The minimum absolute atomic E-state index is 0.0242. The lowest BCUT2D eigenvalue weighted by Crippen LogP contribution is -2.09. The number of fused-ring (bicyclic) bond motifs is 1. The van der Waals surface area contributed by atoms with Gasteiger partial charge in [0.25, 0.3) is 0 Å². The van der Waals surface area contributed by atoms with Crippen LogP contribution < -0.4 is 0 Å². The molecule has 0 amide bonds. The van der Waals surface area contributed by atoms with Crippen LogP contribution >= 0.6 is 0 Å². The molecule has 76 valence electrons. The minimum Gasteiger partial charge on any atom is -0.367 e. The third-order valence-electron chi connectivity index (χ3n) is 3.02. The van der Waals surface area contributed by atoms with Gasteiger partial charge in [-0.1, -0.05) is 6.07 Å². The van der Waals surface area contributed by atoms with E-state index >= 15 is 0 Å². The van der Waals surface area contributed by atoms with Crippen LogP contribution in [0.1, 0.15) is 18.2 Å². The van der Waals surface area contributed by atoms with E-state index in [-0.39, 0.29) is 17.8 Å². The monoisotopic (exact) mass is 201 g/mol. The summed E-state index contributed by atoms with van der Waals surface area (Å²) in [6, 6.07) is 5.79. The number of hydrogen-bond donors (Lipinski definition) is 0. The summed E-state index contributed by atoms with van der Waals surface area (Å²) in [7, 11) is 0. The van der Waals surface area contributed by atoms with Gasteiger partial charge in [-0.2, -0.15) is 0 Å². The second kappa shape index (κ2) is 3.28. The van der Waals surface area contributed by atoms with Crippen molar-refractivity contribution in [2.24, 2.45) is 5.92 Å². The predicted molar refractivity (Wildman–Crippen MR) is 54.1 cm³/mol. The number of carbonyl (C=O) groups excluding carboxylic acids is 1. The van der Waals surface area contributed by atoms with E-state index in [4.69, 9.17) is 4.74 Å². The topological polar surface area (TPSA) is 39.2 Å². The van der Waals surface area contributed by atoms with E-state index in [1.807, 2.05) is 18.2 Å². The average molecular weight is 201 g/mol. The highest BCUT2D eigenvalue weighted by molar-refractivity contribution is 5.93. The molecule has 15 heavy (non-hydrogen) atoms. The number of carbonyl (C=O) groups is 1. The molecule has 1 aliphatic heterocycles. The molecular formula is C12H11NO2. The predicted octanol–water partition coefficient (Wildman–Crippen LogP) is 1.67. The van der Waals surface area contributed by atoms with E-state index < -0.39 is 0 Å². The number of aromatic nitrogens is 1. The van der Waals surface area contributed by atoms with Gasteiger partial charge in [-0.05, 0) is 23.8 Å². The molecule has 2 heterocycles. The summed E-state index contributed by atoms with van der Waals surface area (Å²) in [4.78, 5) is 15.6. The van der Waals surface area contributed by atoms with Gasteiger partial charge in [0.1, 0.15) is 6.10 Å². The quantitative estimate of drug-likeness (QED) is 0.693. The molecule has 1 aromatic rings. The lowest BCUT2D eigenvalue weighted by atomic mass is 9.95.